The molecule has 1 saturated heterocycles. The van der Waals surface area contributed by atoms with Gasteiger partial charge in [-0.1, -0.05) is 0 Å². The fourth-order valence-electron chi connectivity index (χ4n) is 1.33. The standard InChI is InChI=1S/C9H9N3O/c1-10-8-4-7(5-11-6-8)9-2-3-13-12-9/h4-6,9,12H,2-3H2/t9-/m1/s1. The largest absolute Gasteiger partial charge is 0.301 e. The third kappa shape index (κ3) is 1.66. The zero-order valence-electron chi connectivity index (χ0n) is 7.03. The minimum Gasteiger partial charge on any atom is -0.301 e. The molecule has 4 nitrogen and oxygen atoms in total. The molecule has 1 aromatic heterocycles. The number of nitrogens with zero attached hydrogens (tertiary/aromatic N) is 2. The van der Waals surface area contributed by atoms with Crippen LogP contribution >= 0.6 is 0 Å². The topological polar surface area (TPSA) is 38.5 Å². The van der Waals surface area contributed by atoms with Gasteiger partial charge in [0, 0.05) is 12.4 Å². The van der Waals surface area contributed by atoms with E-state index < -0.39 is 0 Å². The fraction of sp³-hybridized carbons (Fsp3) is 0.333. The summed E-state index contributed by atoms with van der Waals surface area (Å²) in [6.45, 7) is 7.56. The Morgan fingerprint density at radius 2 is 2.54 bits per heavy atom. The summed E-state index contributed by atoms with van der Waals surface area (Å²) in [7, 11) is 0. The van der Waals surface area contributed by atoms with Crippen molar-refractivity contribution in [2.24, 2.45) is 0 Å². The predicted molar refractivity (Wildman–Crippen MR) is 46.9 cm³/mol. The minimum absolute atomic E-state index is 0.189. The number of rotatable bonds is 1. The second-order valence-corrected chi connectivity index (χ2v) is 2.90. The lowest BCUT2D eigenvalue weighted by molar-refractivity contribution is 0.0882. The Bertz CT molecular complexity index is 339. The highest BCUT2D eigenvalue weighted by Gasteiger charge is 2.17. The van der Waals surface area contributed by atoms with Gasteiger partial charge in [0.1, 0.15) is 0 Å². The van der Waals surface area contributed by atoms with E-state index in [0.29, 0.717) is 12.3 Å². The van der Waals surface area contributed by atoms with Gasteiger partial charge in [-0.15, -0.1) is 0 Å². The molecule has 0 aromatic carbocycles. The Balaban J connectivity index is 2.25. The molecular formula is C9H9N3O. The molecule has 1 aliphatic heterocycles. The van der Waals surface area contributed by atoms with E-state index in [-0.39, 0.29) is 6.04 Å². The van der Waals surface area contributed by atoms with Crippen LogP contribution in [0.3, 0.4) is 0 Å². The van der Waals surface area contributed by atoms with Crippen LogP contribution in [0.2, 0.25) is 0 Å². The summed E-state index contributed by atoms with van der Waals surface area (Å²) in [5.41, 5.74) is 4.48. The van der Waals surface area contributed by atoms with Crippen LogP contribution in [0.1, 0.15) is 18.0 Å². The van der Waals surface area contributed by atoms with Gasteiger partial charge in [0.25, 0.3) is 0 Å². The first-order chi connectivity index (χ1) is 6.40. The first-order valence-corrected chi connectivity index (χ1v) is 4.10. The van der Waals surface area contributed by atoms with Gasteiger partial charge in [-0.3, -0.25) is 4.98 Å². The lowest BCUT2D eigenvalue weighted by Gasteiger charge is -2.07. The lowest BCUT2D eigenvalue weighted by Crippen LogP contribution is -2.11. The number of hydroxylamine groups is 1. The first kappa shape index (κ1) is 8.17. The molecular weight excluding hydrogens is 166 g/mol. The maximum Gasteiger partial charge on any atom is 0.205 e. The second-order valence-electron chi connectivity index (χ2n) is 2.90. The third-order valence-electron chi connectivity index (χ3n) is 2.01. The van der Waals surface area contributed by atoms with Crippen molar-refractivity contribution in [2.45, 2.75) is 12.5 Å². The van der Waals surface area contributed by atoms with Crippen molar-refractivity contribution in [3.05, 3.63) is 35.4 Å². The molecule has 1 N–H and O–H groups in total. The van der Waals surface area contributed by atoms with E-state index >= 15 is 0 Å². The predicted octanol–water partition coefficient (Wildman–Crippen LogP) is 1.60. The summed E-state index contributed by atoms with van der Waals surface area (Å²) in [4.78, 5) is 12.3. The number of nitrogens with one attached hydrogen (secondary N) is 1. The van der Waals surface area contributed by atoms with Crippen molar-refractivity contribution in [2.75, 3.05) is 6.61 Å². The Morgan fingerprint density at radius 3 is 3.23 bits per heavy atom. The van der Waals surface area contributed by atoms with Gasteiger partial charge in [-0.2, -0.15) is 5.48 Å². The van der Waals surface area contributed by atoms with E-state index in [9.17, 15) is 0 Å². The average Bonchev–Trinajstić information content (AvgIpc) is 2.71. The van der Waals surface area contributed by atoms with Gasteiger partial charge in [0.15, 0.2) is 0 Å². The Hall–Kier alpha value is -1.44. The highest BCUT2D eigenvalue weighted by atomic mass is 16.7. The summed E-state index contributed by atoms with van der Waals surface area (Å²) in [6.07, 6.45) is 4.26. The summed E-state index contributed by atoms with van der Waals surface area (Å²) < 4.78 is 0. The van der Waals surface area contributed by atoms with Gasteiger partial charge >= 0.3 is 0 Å². The molecule has 0 spiro atoms. The molecule has 2 rings (SSSR count). The molecule has 0 amide bonds. The molecule has 1 atom stereocenters. The maximum absolute atomic E-state index is 6.84. The molecule has 0 saturated carbocycles. The number of hydrogen-bond acceptors (Lipinski definition) is 3. The summed E-state index contributed by atoms with van der Waals surface area (Å²) in [6, 6.07) is 2.03. The fourth-order valence-corrected chi connectivity index (χ4v) is 1.33. The van der Waals surface area contributed by atoms with E-state index in [0.717, 1.165) is 12.0 Å². The van der Waals surface area contributed by atoms with Crippen molar-refractivity contribution >= 4 is 5.69 Å². The Labute approximate surface area is 76.3 Å². The molecule has 1 aromatic rings. The molecule has 2 heterocycles. The Kier molecular flexibility index (Phi) is 2.21. The van der Waals surface area contributed by atoms with Crippen LogP contribution in [0.15, 0.2) is 18.5 Å². The summed E-state index contributed by atoms with van der Waals surface area (Å²) >= 11 is 0. The van der Waals surface area contributed by atoms with Gasteiger partial charge < -0.3 is 4.84 Å². The molecule has 0 aliphatic carbocycles. The lowest BCUT2D eigenvalue weighted by atomic mass is 10.1. The van der Waals surface area contributed by atoms with Crippen LogP contribution < -0.4 is 5.48 Å². The minimum atomic E-state index is 0.189. The summed E-state index contributed by atoms with van der Waals surface area (Å²) in [5, 5.41) is 0. The number of aromatic nitrogens is 1. The van der Waals surface area contributed by atoms with Crippen LogP contribution in [-0.4, -0.2) is 11.6 Å². The van der Waals surface area contributed by atoms with Gasteiger partial charge in [-0.05, 0) is 18.1 Å². The number of hydrogen-bond donors (Lipinski definition) is 1. The van der Waals surface area contributed by atoms with E-state index in [1.54, 1.807) is 12.4 Å². The quantitative estimate of drug-likeness (QED) is 0.659. The van der Waals surface area contributed by atoms with E-state index in [1.807, 2.05) is 6.07 Å². The Morgan fingerprint density at radius 1 is 1.62 bits per heavy atom. The normalized spacial score (nSPS) is 21.3. The SMILES string of the molecule is [C-]#[N+]c1cncc([C@H]2CCON2)c1. The average molecular weight is 175 g/mol. The van der Waals surface area contributed by atoms with Gasteiger partial charge in [0.2, 0.25) is 5.69 Å². The third-order valence-corrected chi connectivity index (χ3v) is 2.01. The zero-order valence-corrected chi connectivity index (χ0v) is 7.03. The molecule has 66 valence electrons. The molecule has 0 bridgehead atoms. The van der Waals surface area contributed by atoms with Gasteiger partial charge in [0.05, 0.1) is 19.2 Å². The van der Waals surface area contributed by atoms with Crippen LogP contribution in [0.5, 0.6) is 0 Å². The van der Waals surface area contributed by atoms with E-state index in [1.165, 1.54) is 0 Å². The zero-order chi connectivity index (χ0) is 9.10. The molecule has 13 heavy (non-hydrogen) atoms. The van der Waals surface area contributed by atoms with Gasteiger partial charge in [-0.25, -0.2) is 4.85 Å². The summed E-state index contributed by atoms with van der Waals surface area (Å²) in [5.74, 6) is 0. The first-order valence-electron chi connectivity index (χ1n) is 4.10. The van der Waals surface area contributed by atoms with Crippen molar-refractivity contribution < 1.29 is 4.84 Å². The van der Waals surface area contributed by atoms with Crippen molar-refractivity contribution in [3.8, 4) is 0 Å². The smallest absolute Gasteiger partial charge is 0.205 e. The molecule has 0 unspecified atom stereocenters. The number of pyridine rings is 1. The van der Waals surface area contributed by atoms with Crippen molar-refractivity contribution in [1.29, 1.82) is 0 Å². The molecule has 4 heteroatoms. The van der Waals surface area contributed by atoms with Crippen LogP contribution in [0, 0.1) is 6.57 Å². The molecule has 1 aliphatic rings. The molecule has 0 radical (unpaired) electrons. The maximum atomic E-state index is 6.84. The molecule has 1 fully saturated rings. The highest BCUT2D eigenvalue weighted by molar-refractivity contribution is 5.44. The van der Waals surface area contributed by atoms with E-state index in [2.05, 4.69) is 15.3 Å². The van der Waals surface area contributed by atoms with Crippen LogP contribution in [0.4, 0.5) is 5.69 Å². The van der Waals surface area contributed by atoms with Crippen molar-refractivity contribution in [1.82, 2.24) is 10.5 Å². The van der Waals surface area contributed by atoms with Crippen LogP contribution in [-0.2, 0) is 4.84 Å². The van der Waals surface area contributed by atoms with E-state index in [4.69, 9.17) is 11.4 Å². The highest BCUT2D eigenvalue weighted by Crippen LogP contribution is 2.23. The van der Waals surface area contributed by atoms with Crippen molar-refractivity contribution in [3.63, 3.8) is 0 Å². The monoisotopic (exact) mass is 175 g/mol. The van der Waals surface area contributed by atoms with Crippen LogP contribution in [0.25, 0.3) is 4.85 Å². The second kappa shape index (κ2) is 3.52.